The van der Waals surface area contributed by atoms with E-state index in [0.29, 0.717) is 10.8 Å². The van der Waals surface area contributed by atoms with Crippen LogP contribution < -0.4 is 14.8 Å². The van der Waals surface area contributed by atoms with Crippen molar-refractivity contribution in [3.63, 3.8) is 0 Å². The second-order valence-corrected chi connectivity index (χ2v) is 8.07. The van der Waals surface area contributed by atoms with Crippen LogP contribution in [0.4, 0.5) is 0 Å². The fourth-order valence-electron chi connectivity index (χ4n) is 2.22. The summed E-state index contributed by atoms with van der Waals surface area (Å²) in [6.45, 7) is -0.208. The Balaban J connectivity index is 2.08. The van der Waals surface area contributed by atoms with Crippen LogP contribution in [0.5, 0.6) is 5.75 Å². The van der Waals surface area contributed by atoms with Gasteiger partial charge in [0, 0.05) is 24.2 Å². The molecule has 9 nitrogen and oxygen atoms in total. The van der Waals surface area contributed by atoms with Crippen molar-refractivity contribution in [2.45, 2.75) is 23.8 Å². The van der Waals surface area contributed by atoms with Gasteiger partial charge in [-0.3, -0.25) is 14.6 Å². The molecule has 0 saturated carbocycles. The Labute approximate surface area is 173 Å². The first-order chi connectivity index (χ1) is 13.8. The normalized spacial score (nSPS) is 12.2. The molecular formula is C18H20ClN3O6S. The second-order valence-electron chi connectivity index (χ2n) is 5.92. The first-order valence-corrected chi connectivity index (χ1v) is 10.4. The molecule has 0 aliphatic rings. The molecule has 11 heteroatoms. The molecule has 2 aromatic rings. The number of carboxylic acid groups (broad SMARTS) is 1. The van der Waals surface area contributed by atoms with Gasteiger partial charge in [0.25, 0.3) is 0 Å². The summed E-state index contributed by atoms with van der Waals surface area (Å²) in [6, 6.07) is 7.47. The number of amides is 1. The molecule has 156 valence electrons. The third kappa shape index (κ3) is 7.68. The van der Waals surface area contributed by atoms with Gasteiger partial charge in [0.1, 0.15) is 18.4 Å². The number of nitrogens with one attached hydrogen (secondary N) is 2. The van der Waals surface area contributed by atoms with Gasteiger partial charge in [0.2, 0.25) is 15.9 Å². The van der Waals surface area contributed by atoms with Gasteiger partial charge in [0.15, 0.2) is 0 Å². The van der Waals surface area contributed by atoms with E-state index in [1.165, 1.54) is 30.5 Å². The lowest BCUT2D eigenvalue weighted by Gasteiger charge is -2.19. The summed E-state index contributed by atoms with van der Waals surface area (Å²) >= 11 is 5.78. The van der Waals surface area contributed by atoms with E-state index in [9.17, 15) is 18.0 Å². The van der Waals surface area contributed by atoms with Gasteiger partial charge >= 0.3 is 5.97 Å². The first kappa shape index (κ1) is 22.6. The lowest BCUT2D eigenvalue weighted by atomic mass is 10.2. The lowest BCUT2D eigenvalue weighted by Crippen LogP contribution is -2.50. The minimum absolute atomic E-state index is 0.0630. The molecule has 2 rings (SSSR count). The van der Waals surface area contributed by atoms with Crippen molar-refractivity contribution >= 4 is 33.5 Å². The highest BCUT2D eigenvalue weighted by Crippen LogP contribution is 2.15. The number of carbonyl (C=O) groups excluding carboxylic acids is 1. The Hall–Kier alpha value is -2.69. The molecule has 1 aromatic carbocycles. The minimum atomic E-state index is -4.03. The predicted molar refractivity (Wildman–Crippen MR) is 105 cm³/mol. The Kier molecular flexibility index (Phi) is 8.37. The number of ether oxygens (including phenoxy) is 1. The maximum Gasteiger partial charge on any atom is 0.303 e. The molecule has 1 heterocycles. The summed E-state index contributed by atoms with van der Waals surface area (Å²) < 4.78 is 33.0. The molecule has 1 unspecified atom stereocenters. The van der Waals surface area contributed by atoms with Gasteiger partial charge in [-0.15, -0.1) is 0 Å². The van der Waals surface area contributed by atoms with Crippen LogP contribution in [0, 0.1) is 0 Å². The van der Waals surface area contributed by atoms with Gasteiger partial charge in [-0.05, 0) is 42.8 Å². The van der Waals surface area contributed by atoms with Gasteiger partial charge in [-0.25, -0.2) is 8.42 Å². The van der Waals surface area contributed by atoms with E-state index < -0.39 is 27.9 Å². The Bertz CT molecular complexity index is 922. The molecule has 0 spiro atoms. The smallest absolute Gasteiger partial charge is 0.303 e. The van der Waals surface area contributed by atoms with Crippen LogP contribution in [0.15, 0.2) is 53.7 Å². The van der Waals surface area contributed by atoms with Crippen molar-refractivity contribution in [2.24, 2.45) is 0 Å². The van der Waals surface area contributed by atoms with Gasteiger partial charge in [-0.2, -0.15) is 4.72 Å². The maximum absolute atomic E-state index is 12.6. The molecule has 0 saturated heterocycles. The third-order valence-corrected chi connectivity index (χ3v) is 5.40. The summed E-state index contributed by atoms with van der Waals surface area (Å²) in [5, 5.41) is 11.5. The maximum atomic E-state index is 12.6. The van der Waals surface area contributed by atoms with Crippen LogP contribution in [-0.4, -0.2) is 49.6 Å². The van der Waals surface area contributed by atoms with Crippen LogP contribution in [0.1, 0.15) is 12.8 Å². The number of carbonyl (C=O) groups is 2. The number of pyridine rings is 1. The van der Waals surface area contributed by atoms with Crippen molar-refractivity contribution in [3.05, 3.63) is 53.8 Å². The van der Waals surface area contributed by atoms with Crippen molar-refractivity contribution in [1.29, 1.82) is 0 Å². The molecule has 0 bridgehead atoms. The number of carboxylic acids is 1. The van der Waals surface area contributed by atoms with Crippen LogP contribution in [0.25, 0.3) is 0 Å². The molecule has 3 N–H and O–H groups in total. The molecule has 1 aromatic heterocycles. The summed E-state index contributed by atoms with van der Waals surface area (Å²) in [4.78, 5) is 26.9. The summed E-state index contributed by atoms with van der Waals surface area (Å²) in [6.07, 6.45) is 3.06. The van der Waals surface area contributed by atoms with E-state index in [2.05, 4.69) is 15.0 Å². The minimum Gasteiger partial charge on any atom is -0.490 e. The van der Waals surface area contributed by atoms with E-state index in [4.69, 9.17) is 21.4 Å². The zero-order valence-corrected chi connectivity index (χ0v) is 16.8. The number of aliphatic carboxylic acids is 1. The average Bonchev–Trinajstić information content (AvgIpc) is 2.69. The highest BCUT2D eigenvalue weighted by atomic mass is 35.5. The molecule has 0 aliphatic heterocycles. The number of halogens is 1. The van der Waals surface area contributed by atoms with Gasteiger partial charge in [0.05, 0.1) is 11.1 Å². The number of nitrogens with zero attached hydrogens (tertiary/aromatic N) is 1. The van der Waals surface area contributed by atoms with E-state index in [0.717, 1.165) is 0 Å². The fourth-order valence-corrected chi connectivity index (χ4v) is 3.52. The summed E-state index contributed by atoms with van der Waals surface area (Å²) in [5.41, 5.74) is 0. The largest absolute Gasteiger partial charge is 0.490 e. The van der Waals surface area contributed by atoms with E-state index in [1.807, 2.05) is 0 Å². The van der Waals surface area contributed by atoms with E-state index in [1.54, 1.807) is 18.3 Å². The van der Waals surface area contributed by atoms with Crippen molar-refractivity contribution < 1.29 is 27.9 Å². The van der Waals surface area contributed by atoms with Crippen molar-refractivity contribution in [3.8, 4) is 5.75 Å². The van der Waals surface area contributed by atoms with Crippen LogP contribution in [-0.2, 0) is 19.6 Å². The molecule has 29 heavy (non-hydrogen) atoms. The monoisotopic (exact) mass is 441 g/mol. The SMILES string of the molecule is O=C(O)CCCNC(=O)C(COc1cccnc1)NS(=O)(=O)c1ccc(Cl)cc1. The highest BCUT2D eigenvalue weighted by Gasteiger charge is 2.26. The first-order valence-electron chi connectivity index (χ1n) is 8.58. The third-order valence-electron chi connectivity index (χ3n) is 3.66. The Morgan fingerprint density at radius 1 is 1.21 bits per heavy atom. The van der Waals surface area contributed by atoms with Crippen LogP contribution in [0.3, 0.4) is 0 Å². The fraction of sp³-hybridized carbons (Fsp3) is 0.278. The molecule has 1 amide bonds. The standard InChI is InChI=1S/C18H20ClN3O6S/c19-13-5-7-15(8-6-13)29(26,27)22-16(12-28-14-3-1-9-20-11-14)18(25)21-10-2-4-17(23)24/h1,3,5-9,11,16,22H,2,4,10,12H2,(H,21,25)(H,23,24). The number of hydrogen-bond donors (Lipinski definition) is 3. The van der Waals surface area contributed by atoms with Gasteiger partial charge in [-0.1, -0.05) is 11.6 Å². The number of benzene rings is 1. The van der Waals surface area contributed by atoms with E-state index >= 15 is 0 Å². The highest BCUT2D eigenvalue weighted by molar-refractivity contribution is 7.89. The van der Waals surface area contributed by atoms with E-state index in [-0.39, 0.29) is 30.9 Å². The van der Waals surface area contributed by atoms with Crippen LogP contribution in [0.2, 0.25) is 5.02 Å². The molecule has 1 atom stereocenters. The number of aromatic nitrogens is 1. The van der Waals surface area contributed by atoms with Crippen molar-refractivity contribution in [1.82, 2.24) is 15.0 Å². The molecule has 0 fully saturated rings. The number of rotatable bonds is 11. The summed E-state index contributed by atoms with van der Waals surface area (Å²) in [7, 11) is -4.03. The second kappa shape index (κ2) is 10.7. The topological polar surface area (TPSA) is 135 Å². The lowest BCUT2D eigenvalue weighted by molar-refractivity contribution is -0.137. The zero-order chi connectivity index (χ0) is 21.3. The zero-order valence-electron chi connectivity index (χ0n) is 15.2. The van der Waals surface area contributed by atoms with Crippen LogP contribution >= 0.6 is 11.6 Å². The predicted octanol–water partition coefficient (Wildman–Crippen LogP) is 1.44. The number of sulfonamides is 1. The Morgan fingerprint density at radius 3 is 2.55 bits per heavy atom. The number of hydrogen-bond acceptors (Lipinski definition) is 6. The molecule has 0 aliphatic carbocycles. The van der Waals surface area contributed by atoms with Crippen molar-refractivity contribution in [2.75, 3.05) is 13.2 Å². The molecular weight excluding hydrogens is 422 g/mol. The summed E-state index contributed by atoms with van der Waals surface area (Å²) in [5.74, 6) is -1.27. The molecule has 0 radical (unpaired) electrons. The average molecular weight is 442 g/mol. The van der Waals surface area contributed by atoms with Gasteiger partial charge < -0.3 is 15.2 Å². The quantitative estimate of drug-likeness (QED) is 0.449. The Morgan fingerprint density at radius 2 is 1.93 bits per heavy atom.